The molecular weight excluding hydrogens is 396 g/mol. The molecule has 2 heterocycles. The predicted molar refractivity (Wildman–Crippen MR) is 118 cm³/mol. The van der Waals surface area contributed by atoms with Crippen molar-refractivity contribution in [2.75, 3.05) is 11.1 Å². The van der Waals surface area contributed by atoms with E-state index in [2.05, 4.69) is 20.6 Å². The lowest BCUT2D eigenvalue weighted by Crippen LogP contribution is -2.17. The Hall–Kier alpha value is -3.39. The molecule has 0 bridgehead atoms. The SMILES string of the molecule is Cc1ccc(-n2nc(C)cc2NC(=O)CSc2nncn2-c2ccccc2C)cc1. The van der Waals surface area contributed by atoms with E-state index in [1.807, 2.05) is 79.9 Å². The summed E-state index contributed by atoms with van der Waals surface area (Å²) in [6, 6.07) is 17.9. The highest BCUT2D eigenvalue weighted by Crippen LogP contribution is 2.23. The van der Waals surface area contributed by atoms with Crippen molar-refractivity contribution in [3.63, 3.8) is 0 Å². The van der Waals surface area contributed by atoms with Crippen LogP contribution in [-0.4, -0.2) is 36.2 Å². The Kier molecular flexibility index (Phi) is 5.67. The van der Waals surface area contributed by atoms with Crippen molar-refractivity contribution in [1.82, 2.24) is 24.5 Å². The van der Waals surface area contributed by atoms with Crippen molar-refractivity contribution in [3.8, 4) is 11.4 Å². The molecular formula is C22H22N6OS. The Morgan fingerprint density at radius 3 is 2.60 bits per heavy atom. The molecule has 0 aliphatic carbocycles. The number of carbonyl (C=O) groups is 1. The highest BCUT2D eigenvalue weighted by atomic mass is 32.2. The monoisotopic (exact) mass is 418 g/mol. The van der Waals surface area contributed by atoms with Crippen LogP contribution < -0.4 is 5.32 Å². The Labute approximate surface area is 179 Å². The van der Waals surface area contributed by atoms with Crippen LogP contribution in [0.25, 0.3) is 11.4 Å². The van der Waals surface area contributed by atoms with E-state index in [9.17, 15) is 4.79 Å². The maximum absolute atomic E-state index is 12.6. The van der Waals surface area contributed by atoms with Gasteiger partial charge in [-0.1, -0.05) is 47.7 Å². The van der Waals surface area contributed by atoms with Gasteiger partial charge in [-0.3, -0.25) is 9.36 Å². The summed E-state index contributed by atoms with van der Waals surface area (Å²) in [6.07, 6.45) is 1.67. The van der Waals surface area contributed by atoms with Gasteiger partial charge >= 0.3 is 0 Å². The molecule has 152 valence electrons. The number of benzene rings is 2. The van der Waals surface area contributed by atoms with E-state index >= 15 is 0 Å². The first-order chi connectivity index (χ1) is 14.5. The topological polar surface area (TPSA) is 77.6 Å². The highest BCUT2D eigenvalue weighted by molar-refractivity contribution is 7.99. The van der Waals surface area contributed by atoms with Gasteiger partial charge in [0.15, 0.2) is 5.16 Å². The zero-order valence-corrected chi connectivity index (χ0v) is 17.8. The van der Waals surface area contributed by atoms with Gasteiger partial charge in [0, 0.05) is 6.07 Å². The molecule has 2 aromatic carbocycles. The summed E-state index contributed by atoms with van der Waals surface area (Å²) in [5.41, 5.74) is 5.01. The molecule has 0 radical (unpaired) electrons. The van der Waals surface area contributed by atoms with Crippen LogP contribution in [0.2, 0.25) is 0 Å². The summed E-state index contributed by atoms with van der Waals surface area (Å²) in [6.45, 7) is 5.97. The first-order valence-electron chi connectivity index (χ1n) is 9.53. The number of para-hydroxylation sites is 1. The largest absolute Gasteiger partial charge is 0.310 e. The van der Waals surface area contributed by atoms with Gasteiger partial charge in [-0.15, -0.1) is 10.2 Å². The van der Waals surface area contributed by atoms with Crippen LogP contribution in [0.1, 0.15) is 16.8 Å². The standard InChI is InChI=1S/C22H22N6OS/c1-15-8-10-18(11-9-15)28-20(12-17(3)26-28)24-21(29)13-30-22-25-23-14-27(22)19-7-5-4-6-16(19)2/h4-12,14H,13H2,1-3H3,(H,24,29). The van der Waals surface area contributed by atoms with Gasteiger partial charge in [0.2, 0.25) is 5.91 Å². The van der Waals surface area contributed by atoms with Crippen LogP contribution in [0.5, 0.6) is 0 Å². The summed E-state index contributed by atoms with van der Waals surface area (Å²) >= 11 is 1.34. The van der Waals surface area contributed by atoms with Crippen molar-refractivity contribution in [1.29, 1.82) is 0 Å². The second-order valence-electron chi connectivity index (χ2n) is 7.03. The van der Waals surface area contributed by atoms with E-state index in [1.165, 1.54) is 17.3 Å². The molecule has 4 aromatic rings. The normalized spacial score (nSPS) is 10.9. The third kappa shape index (κ3) is 4.28. The molecule has 0 aliphatic rings. The second-order valence-corrected chi connectivity index (χ2v) is 7.97. The number of nitrogens with one attached hydrogen (secondary N) is 1. The summed E-state index contributed by atoms with van der Waals surface area (Å²) < 4.78 is 3.64. The molecule has 7 nitrogen and oxygen atoms in total. The van der Waals surface area contributed by atoms with E-state index in [1.54, 1.807) is 11.0 Å². The van der Waals surface area contributed by atoms with Gasteiger partial charge in [0.25, 0.3) is 0 Å². The maximum atomic E-state index is 12.6. The molecule has 0 atom stereocenters. The van der Waals surface area contributed by atoms with Crippen LogP contribution in [0.15, 0.2) is 66.1 Å². The minimum absolute atomic E-state index is 0.132. The molecule has 0 fully saturated rings. The molecule has 30 heavy (non-hydrogen) atoms. The van der Waals surface area contributed by atoms with Crippen LogP contribution in [0.4, 0.5) is 5.82 Å². The molecule has 8 heteroatoms. The van der Waals surface area contributed by atoms with E-state index in [-0.39, 0.29) is 11.7 Å². The molecule has 0 saturated heterocycles. The third-order valence-electron chi connectivity index (χ3n) is 4.60. The predicted octanol–water partition coefficient (Wildman–Crippen LogP) is 4.11. The van der Waals surface area contributed by atoms with Crippen molar-refractivity contribution in [2.45, 2.75) is 25.9 Å². The van der Waals surface area contributed by atoms with Gasteiger partial charge in [0.1, 0.15) is 12.1 Å². The van der Waals surface area contributed by atoms with Crippen molar-refractivity contribution in [3.05, 3.63) is 77.7 Å². The number of rotatable bonds is 6. The minimum atomic E-state index is -0.132. The average Bonchev–Trinajstić information content (AvgIpc) is 3.34. The number of hydrogen-bond acceptors (Lipinski definition) is 5. The maximum Gasteiger partial charge on any atom is 0.236 e. The van der Waals surface area contributed by atoms with Gasteiger partial charge in [-0.05, 0) is 44.5 Å². The molecule has 0 aliphatic heterocycles. The Morgan fingerprint density at radius 2 is 1.83 bits per heavy atom. The van der Waals surface area contributed by atoms with Crippen molar-refractivity contribution in [2.24, 2.45) is 0 Å². The number of aryl methyl sites for hydroxylation is 3. The Balaban J connectivity index is 1.47. The van der Waals surface area contributed by atoms with E-state index in [4.69, 9.17) is 0 Å². The molecule has 4 rings (SSSR count). The fourth-order valence-electron chi connectivity index (χ4n) is 3.10. The van der Waals surface area contributed by atoms with Gasteiger partial charge in [0.05, 0.1) is 22.8 Å². The van der Waals surface area contributed by atoms with Gasteiger partial charge < -0.3 is 5.32 Å². The van der Waals surface area contributed by atoms with Crippen LogP contribution in [0.3, 0.4) is 0 Å². The number of hydrogen-bond donors (Lipinski definition) is 1. The Morgan fingerprint density at radius 1 is 1.07 bits per heavy atom. The lowest BCUT2D eigenvalue weighted by molar-refractivity contribution is -0.113. The quantitative estimate of drug-likeness (QED) is 0.477. The number of aromatic nitrogens is 5. The van der Waals surface area contributed by atoms with Crippen molar-refractivity contribution >= 4 is 23.5 Å². The molecule has 0 unspecified atom stereocenters. The van der Waals surface area contributed by atoms with E-state index in [0.717, 1.165) is 22.6 Å². The molecule has 0 spiro atoms. The fourth-order valence-corrected chi connectivity index (χ4v) is 3.82. The average molecular weight is 419 g/mol. The van der Waals surface area contributed by atoms with E-state index in [0.29, 0.717) is 11.0 Å². The highest BCUT2D eigenvalue weighted by Gasteiger charge is 2.14. The fraction of sp³-hybridized carbons (Fsp3) is 0.182. The number of nitrogens with zero attached hydrogens (tertiary/aromatic N) is 5. The summed E-state index contributed by atoms with van der Waals surface area (Å²) in [4.78, 5) is 12.6. The number of anilines is 1. The van der Waals surface area contributed by atoms with Crippen molar-refractivity contribution < 1.29 is 4.79 Å². The number of thioether (sulfide) groups is 1. The first kappa shape index (κ1) is 19.9. The number of carbonyl (C=O) groups excluding carboxylic acids is 1. The van der Waals surface area contributed by atoms with Crippen LogP contribution >= 0.6 is 11.8 Å². The zero-order chi connectivity index (χ0) is 21.1. The van der Waals surface area contributed by atoms with Gasteiger partial charge in [-0.2, -0.15) is 5.10 Å². The lowest BCUT2D eigenvalue weighted by Gasteiger charge is -2.10. The first-order valence-corrected chi connectivity index (χ1v) is 10.5. The summed E-state index contributed by atoms with van der Waals surface area (Å²) in [5.74, 6) is 0.720. The third-order valence-corrected chi connectivity index (χ3v) is 5.54. The zero-order valence-electron chi connectivity index (χ0n) is 17.0. The minimum Gasteiger partial charge on any atom is -0.310 e. The Bertz CT molecular complexity index is 1180. The lowest BCUT2D eigenvalue weighted by atomic mass is 10.2. The van der Waals surface area contributed by atoms with Crippen LogP contribution in [0, 0.1) is 20.8 Å². The molecule has 1 N–H and O–H groups in total. The van der Waals surface area contributed by atoms with Crippen LogP contribution in [-0.2, 0) is 4.79 Å². The second kappa shape index (κ2) is 8.54. The molecule has 2 aromatic heterocycles. The van der Waals surface area contributed by atoms with E-state index < -0.39 is 0 Å². The summed E-state index contributed by atoms with van der Waals surface area (Å²) in [7, 11) is 0. The van der Waals surface area contributed by atoms with Gasteiger partial charge in [-0.25, -0.2) is 4.68 Å². The molecule has 1 amide bonds. The molecule has 0 saturated carbocycles. The smallest absolute Gasteiger partial charge is 0.236 e. The number of amides is 1. The summed E-state index contributed by atoms with van der Waals surface area (Å²) in [5, 5.41) is 16.3.